The van der Waals surface area contributed by atoms with Gasteiger partial charge in [-0.25, -0.2) is 0 Å². The van der Waals surface area contributed by atoms with E-state index >= 15 is 0 Å². The Bertz CT molecular complexity index is 5570. The van der Waals surface area contributed by atoms with Crippen LogP contribution < -0.4 is 5.46 Å². The highest BCUT2D eigenvalue weighted by molar-refractivity contribution is 9.10. The number of hydrogen-bond donors (Lipinski definition) is 2. The van der Waals surface area contributed by atoms with Gasteiger partial charge in [0.25, 0.3) is 0 Å². The Balaban J connectivity index is 0.000000121. The Morgan fingerprint density at radius 3 is 0.819 bits per heavy atom. The molecule has 0 spiro atoms. The molecule has 0 unspecified atom stereocenters. The molecule has 94 heavy (non-hydrogen) atoms. The van der Waals surface area contributed by atoms with Crippen LogP contribution in [0.3, 0.4) is 0 Å². The Hall–Kier alpha value is -11.7. The highest BCUT2D eigenvalue weighted by Gasteiger charge is 2.22. The standard InChI is InChI=1S/C42H27N3.C22H15BO2.C20H14BrN3/c1-4-10-28(11-5-1)35-24-18-30-21-27-38-36(25-19-31-20-26-37(35)39(30)40(31)38)29-16-22-34(23-17-29)45-41(32-12-6-2-7-13-32)43-44-42(45)33-14-8-3-9-15-33;24-23(25)20-13-9-16-7-11-18-17(14-4-2-1-3-5-14)10-6-15-8-12-19(20)22(16)21(15)18;21-17-11-13-18(14-12-17)24-19(15-7-3-1-4-8-15)22-23-20(24)16-9-5-2-6-10-16/h1-27H;1-13,24-25H;1-14H. The highest BCUT2D eigenvalue weighted by Crippen LogP contribution is 2.44. The molecule has 0 saturated heterocycles. The second kappa shape index (κ2) is 24.9. The van der Waals surface area contributed by atoms with Gasteiger partial charge in [-0.2, -0.15) is 0 Å². The fraction of sp³-hybridized carbons (Fsp3) is 0. The number of nitrogens with zero attached hydrogens (tertiary/aromatic N) is 6. The fourth-order valence-corrected chi connectivity index (χ4v) is 13.6. The van der Waals surface area contributed by atoms with Crippen LogP contribution in [-0.2, 0) is 0 Å². The molecule has 0 bridgehead atoms. The molecule has 0 atom stereocenters. The molecule has 2 heterocycles. The van der Waals surface area contributed by atoms with Crippen LogP contribution in [0.25, 0.3) is 155 Å². The number of hydrogen-bond acceptors (Lipinski definition) is 6. The van der Waals surface area contributed by atoms with Crippen LogP contribution in [0.15, 0.2) is 332 Å². The Morgan fingerprint density at radius 1 is 0.245 bits per heavy atom. The zero-order valence-corrected chi connectivity index (χ0v) is 52.3. The van der Waals surface area contributed by atoms with E-state index in [1.165, 1.54) is 76.5 Å². The van der Waals surface area contributed by atoms with E-state index in [0.29, 0.717) is 5.46 Å². The predicted molar refractivity (Wildman–Crippen MR) is 392 cm³/mol. The summed E-state index contributed by atoms with van der Waals surface area (Å²) in [5, 5.41) is 52.1. The molecule has 2 aromatic heterocycles. The van der Waals surface area contributed by atoms with Crippen molar-refractivity contribution in [2.24, 2.45) is 0 Å². The molecule has 0 saturated carbocycles. The third-order valence-electron chi connectivity index (χ3n) is 17.8. The van der Waals surface area contributed by atoms with Crippen molar-refractivity contribution in [1.82, 2.24) is 29.5 Å². The van der Waals surface area contributed by atoms with Crippen LogP contribution in [0, 0.1) is 0 Å². The molecule has 444 valence electrons. The van der Waals surface area contributed by atoms with E-state index in [1.807, 2.05) is 140 Å². The van der Waals surface area contributed by atoms with Gasteiger partial charge in [0.2, 0.25) is 0 Å². The molecule has 0 radical (unpaired) electrons. The molecular weight excluding hydrogens is 1220 g/mol. The molecular formula is C84H56BBrN6O2. The topological polar surface area (TPSA) is 102 Å². The minimum Gasteiger partial charge on any atom is -0.423 e. The summed E-state index contributed by atoms with van der Waals surface area (Å²) < 4.78 is 5.29. The van der Waals surface area contributed by atoms with Gasteiger partial charge in [0, 0.05) is 38.1 Å². The molecule has 8 nitrogen and oxygen atoms in total. The molecule has 0 amide bonds. The molecule has 18 aromatic rings. The fourth-order valence-electron chi connectivity index (χ4n) is 13.4. The van der Waals surface area contributed by atoms with Crippen LogP contribution in [0.5, 0.6) is 0 Å². The summed E-state index contributed by atoms with van der Waals surface area (Å²) in [6.07, 6.45) is 0. The van der Waals surface area contributed by atoms with Crippen LogP contribution in [0.4, 0.5) is 0 Å². The predicted octanol–water partition coefficient (Wildman–Crippen LogP) is 20.1. The Morgan fingerprint density at radius 2 is 0.500 bits per heavy atom. The molecule has 0 aliphatic rings. The van der Waals surface area contributed by atoms with Crippen molar-refractivity contribution >= 4 is 93.1 Å². The second-order valence-corrected chi connectivity index (χ2v) is 24.2. The molecule has 2 N–H and O–H groups in total. The first-order chi connectivity index (χ1) is 46.4. The lowest BCUT2D eigenvalue weighted by molar-refractivity contribution is 0.426. The summed E-state index contributed by atoms with van der Waals surface area (Å²) in [6, 6.07) is 113. The zero-order chi connectivity index (χ0) is 63.1. The van der Waals surface area contributed by atoms with Crippen LogP contribution in [0.1, 0.15) is 0 Å². The lowest BCUT2D eigenvalue weighted by Crippen LogP contribution is -2.30. The third kappa shape index (κ3) is 10.6. The van der Waals surface area contributed by atoms with Gasteiger partial charge in [-0.3, -0.25) is 9.13 Å². The van der Waals surface area contributed by atoms with Crippen molar-refractivity contribution in [3.05, 3.63) is 332 Å². The minimum absolute atomic E-state index is 0.548. The average Bonchev–Trinajstić information content (AvgIpc) is 0.969. The first kappa shape index (κ1) is 57.5. The first-order valence-electron chi connectivity index (χ1n) is 31.3. The van der Waals surface area contributed by atoms with Crippen LogP contribution in [0.2, 0.25) is 0 Å². The average molecular weight is 1270 g/mol. The van der Waals surface area contributed by atoms with E-state index in [9.17, 15) is 10.0 Å². The smallest absolute Gasteiger partial charge is 0.423 e. The van der Waals surface area contributed by atoms with Crippen molar-refractivity contribution in [2.75, 3.05) is 0 Å². The van der Waals surface area contributed by atoms with E-state index < -0.39 is 7.12 Å². The Kier molecular flexibility index (Phi) is 15.2. The molecule has 0 aliphatic carbocycles. The summed E-state index contributed by atoms with van der Waals surface area (Å²) in [7, 11) is -1.47. The van der Waals surface area contributed by atoms with Gasteiger partial charge in [-0.1, -0.05) is 307 Å². The van der Waals surface area contributed by atoms with Crippen LogP contribution >= 0.6 is 15.9 Å². The SMILES string of the molecule is Brc1ccc(-n2c(-c3ccccc3)nnc2-c2ccccc2)cc1.OB(O)c1ccc2ccc3c(-c4ccccc4)ccc4ccc1c2c43.c1ccc(-c2ccc3ccc4c(-c5ccc(-n6c(-c7ccccc7)nnc6-c6ccccc6)cc5)ccc5ccc2c3c54)cc1. The summed E-state index contributed by atoms with van der Waals surface area (Å²) in [6.45, 7) is 0. The molecule has 0 fully saturated rings. The van der Waals surface area contributed by atoms with Gasteiger partial charge >= 0.3 is 7.12 Å². The molecule has 10 heteroatoms. The van der Waals surface area contributed by atoms with Gasteiger partial charge in [0.1, 0.15) is 0 Å². The van der Waals surface area contributed by atoms with Crippen molar-refractivity contribution in [1.29, 1.82) is 0 Å². The summed E-state index contributed by atoms with van der Waals surface area (Å²) in [5.74, 6) is 3.30. The molecule has 18 rings (SSSR count). The first-order valence-corrected chi connectivity index (χ1v) is 32.1. The lowest BCUT2D eigenvalue weighted by Gasteiger charge is -2.17. The van der Waals surface area contributed by atoms with Gasteiger partial charge in [0.05, 0.1) is 0 Å². The number of halogens is 1. The normalized spacial score (nSPS) is 11.4. The maximum absolute atomic E-state index is 9.74. The molecule has 0 aliphatic heterocycles. The quantitative estimate of drug-likeness (QED) is 0.104. The lowest BCUT2D eigenvalue weighted by atomic mass is 9.75. The van der Waals surface area contributed by atoms with Crippen molar-refractivity contribution in [3.8, 4) is 90.3 Å². The highest BCUT2D eigenvalue weighted by atomic mass is 79.9. The summed E-state index contributed by atoms with van der Waals surface area (Å²) >= 11 is 3.50. The van der Waals surface area contributed by atoms with Gasteiger partial charge in [0.15, 0.2) is 23.3 Å². The number of aromatic nitrogens is 6. The largest absolute Gasteiger partial charge is 0.489 e. The maximum atomic E-state index is 9.74. The van der Waals surface area contributed by atoms with Crippen LogP contribution in [-0.4, -0.2) is 46.7 Å². The zero-order valence-electron chi connectivity index (χ0n) is 50.7. The minimum atomic E-state index is -1.47. The van der Waals surface area contributed by atoms with Crippen molar-refractivity contribution < 1.29 is 10.0 Å². The van der Waals surface area contributed by atoms with Gasteiger partial charge in [-0.05, 0) is 140 Å². The van der Waals surface area contributed by atoms with E-state index in [4.69, 9.17) is 0 Å². The summed E-state index contributed by atoms with van der Waals surface area (Å²) in [4.78, 5) is 0. The number of rotatable bonds is 10. The summed E-state index contributed by atoms with van der Waals surface area (Å²) in [5.41, 5.74) is 14.0. The monoisotopic (exact) mass is 1270 g/mol. The van der Waals surface area contributed by atoms with Gasteiger partial charge in [-0.15, -0.1) is 20.4 Å². The number of benzene rings is 16. The van der Waals surface area contributed by atoms with Gasteiger partial charge < -0.3 is 10.0 Å². The van der Waals surface area contributed by atoms with E-state index in [2.05, 4.69) is 227 Å². The third-order valence-corrected chi connectivity index (χ3v) is 18.3. The second-order valence-electron chi connectivity index (χ2n) is 23.3. The van der Waals surface area contributed by atoms with E-state index in [0.717, 1.165) is 82.9 Å². The molecule has 16 aromatic carbocycles. The maximum Gasteiger partial charge on any atom is 0.489 e. The van der Waals surface area contributed by atoms with Crippen molar-refractivity contribution in [2.45, 2.75) is 0 Å². The van der Waals surface area contributed by atoms with E-state index in [1.54, 1.807) is 6.07 Å². The Labute approximate surface area is 551 Å². The van der Waals surface area contributed by atoms with Crippen molar-refractivity contribution in [3.63, 3.8) is 0 Å². The van der Waals surface area contributed by atoms with E-state index in [-0.39, 0.29) is 0 Å².